The number of unbranched alkanes of at least 4 members (excludes halogenated alkanes) is 2. The van der Waals surface area contributed by atoms with Crippen LogP contribution in [0.4, 0.5) is 0 Å². The maximum atomic E-state index is 11.9. The Morgan fingerprint density at radius 3 is 2.44 bits per heavy atom. The molecule has 0 aromatic rings. The highest BCUT2D eigenvalue weighted by atomic mass is 16.4. The molecule has 3 atom stereocenters. The van der Waals surface area contributed by atoms with Gasteiger partial charge in [0, 0.05) is 13.2 Å². The molecule has 0 heterocycles. The van der Waals surface area contributed by atoms with Crippen LogP contribution in [0.25, 0.3) is 0 Å². The second kappa shape index (κ2) is 7.36. The number of aliphatic carboxylic acids is 1. The molecule has 0 bridgehead atoms. The van der Waals surface area contributed by atoms with Gasteiger partial charge in [-0.1, -0.05) is 6.92 Å². The summed E-state index contributed by atoms with van der Waals surface area (Å²) in [6.07, 6.45) is 3.71. The predicted molar refractivity (Wildman–Crippen MR) is 67.0 cm³/mol. The van der Waals surface area contributed by atoms with E-state index in [1.165, 1.54) is 0 Å². The summed E-state index contributed by atoms with van der Waals surface area (Å²) in [5.41, 5.74) is 0. The molecule has 0 aromatic heterocycles. The van der Waals surface area contributed by atoms with E-state index in [1.54, 1.807) is 0 Å². The van der Waals surface area contributed by atoms with E-state index >= 15 is 0 Å². The summed E-state index contributed by atoms with van der Waals surface area (Å²) in [6.45, 7) is 2.73. The van der Waals surface area contributed by atoms with Crippen molar-refractivity contribution in [2.45, 2.75) is 39.0 Å². The highest BCUT2D eigenvalue weighted by molar-refractivity contribution is 5.85. The van der Waals surface area contributed by atoms with Gasteiger partial charge in [0.25, 0.3) is 0 Å². The Balaban J connectivity index is 2.33. The Bertz CT molecular complexity index is 293. The largest absolute Gasteiger partial charge is 0.481 e. The van der Waals surface area contributed by atoms with Crippen molar-refractivity contribution < 1.29 is 19.8 Å². The summed E-state index contributed by atoms with van der Waals surface area (Å²) < 4.78 is 0. The minimum absolute atomic E-state index is 0.129. The summed E-state index contributed by atoms with van der Waals surface area (Å²) >= 11 is 0. The number of amides is 1. The molecule has 104 valence electrons. The van der Waals surface area contributed by atoms with Crippen molar-refractivity contribution in [2.24, 2.45) is 17.8 Å². The van der Waals surface area contributed by atoms with Crippen LogP contribution >= 0.6 is 0 Å². The zero-order valence-corrected chi connectivity index (χ0v) is 10.9. The van der Waals surface area contributed by atoms with Crippen LogP contribution in [-0.2, 0) is 9.59 Å². The lowest BCUT2D eigenvalue weighted by Gasteiger charge is -2.15. The van der Waals surface area contributed by atoms with Gasteiger partial charge < -0.3 is 15.5 Å². The van der Waals surface area contributed by atoms with Crippen LogP contribution in [0.2, 0.25) is 0 Å². The number of carbonyl (C=O) groups is 2. The van der Waals surface area contributed by atoms with E-state index in [0.717, 1.165) is 19.3 Å². The lowest BCUT2D eigenvalue weighted by Crippen LogP contribution is -2.35. The fourth-order valence-electron chi connectivity index (χ4n) is 2.61. The summed E-state index contributed by atoms with van der Waals surface area (Å²) in [5.74, 6) is -1.60. The molecule has 0 aromatic carbocycles. The molecular formula is C13H23NO4. The number of aliphatic hydroxyl groups is 1. The number of hydrogen-bond donors (Lipinski definition) is 3. The lowest BCUT2D eigenvalue weighted by atomic mass is 9.95. The zero-order chi connectivity index (χ0) is 13.5. The number of carboxylic acids is 1. The smallest absolute Gasteiger partial charge is 0.307 e. The summed E-state index contributed by atoms with van der Waals surface area (Å²) in [5, 5.41) is 20.5. The third-order valence-electron chi connectivity index (χ3n) is 3.59. The Morgan fingerprint density at radius 2 is 1.83 bits per heavy atom. The topological polar surface area (TPSA) is 86.6 Å². The molecule has 1 aliphatic carbocycles. The molecular weight excluding hydrogens is 234 g/mol. The molecule has 0 saturated heterocycles. The maximum absolute atomic E-state index is 11.9. The molecule has 1 aliphatic rings. The first-order chi connectivity index (χ1) is 8.56. The fraction of sp³-hybridized carbons (Fsp3) is 0.846. The monoisotopic (exact) mass is 257 g/mol. The van der Waals surface area contributed by atoms with Crippen molar-refractivity contribution in [1.29, 1.82) is 0 Å². The van der Waals surface area contributed by atoms with Gasteiger partial charge in [0.1, 0.15) is 0 Å². The molecule has 3 N–H and O–H groups in total. The quantitative estimate of drug-likeness (QED) is 0.594. The van der Waals surface area contributed by atoms with E-state index in [-0.39, 0.29) is 18.4 Å². The number of nitrogens with one attached hydrogen (secondary N) is 1. The van der Waals surface area contributed by atoms with Crippen molar-refractivity contribution in [1.82, 2.24) is 5.32 Å². The van der Waals surface area contributed by atoms with Crippen molar-refractivity contribution >= 4 is 11.9 Å². The molecule has 1 saturated carbocycles. The van der Waals surface area contributed by atoms with Crippen LogP contribution in [0.5, 0.6) is 0 Å². The van der Waals surface area contributed by atoms with E-state index in [1.807, 2.05) is 6.92 Å². The van der Waals surface area contributed by atoms with Gasteiger partial charge in [0.05, 0.1) is 11.8 Å². The molecule has 1 fully saturated rings. The predicted octanol–water partition coefficient (Wildman–Crippen LogP) is 1.01. The first-order valence-corrected chi connectivity index (χ1v) is 6.67. The Kier molecular flexibility index (Phi) is 6.12. The minimum Gasteiger partial charge on any atom is -0.481 e. The van der Waals surface area contributed by atoms with E-state index in [4.69, 9.17) is 10.2 Å². The lowest BCUT2D eigenvalue weighted by molar-refractivity contribution is -0.146. The van der Waals surface area contributed by atoms with Crippen molar-refractivity contribution in [2.75, 3.05) is 13.2 Å². The molecule has 1 amide bonds. The normalized spacial score (nSPS) is 27.1. The van der Waals surface area contributed by atoms with Gasteiger partial charge in [-0.25, -0.2) is 0 Å². The number of rotatable bonds is 7. The molecule has 18 heavy (non-hydrogen) atoms. The van der Waals surface area contributed by atoms with Crippen LogP contribution in [0.3, 0.4) is 0 Å². The number of hydrogen-bond acceptors (Lipinski definition) is 3. The van der Waals surface area contributed by atoms with Crippen LogP contribution < -0.4 is 5.32 Å². The number of carboxylic acid groups (broad SMARTS) is 1. The zero-order valence-electron chi connectivity index (χ0n) is 10.9. The molecule has 0 aliphatic heterocycles. The van der Waals surface area contributed by atoms with Crippen LogP contribution in [0.1, 0.15) is 39.0 Å². The summed E-state index contributed by atoms with van der Waals surface area (Å²) in [4.78, 5) is 23.0. The summed E-state index contributed by atoms with van der Waals surface area (Å²) in [7, 11) is 0. The fourth-order valence-corrected chi connectivity index (χ4v) is 2.61. The summed E-state index contributed by atoms with van der Waals surface area (Å²) in [6, 6.07) is 0. The second-order valence-corrected chi connectivity index (χ2v) is 5.20. The van der Waals surface area contributed by atoms with Gasteiger partial charge in [-0.2, -0.15) is 0 Å². The van der Waals surface area contributed by atoms with Crippen molar-refractivity contribution in [3.63, 3.8) is 0 Å². The highest BCUT2D eigenvalue weighted by Gasteiger charge is 2.40. The second-order valence-electron chi connectivity index (χ2n) is 5.20. The number of carbonyl (C=O) groups excluding carboxylic acids is 1. The average molecular weight is 257 g/mol. The standard InChI is InChI=1S/C13H23NO4/c1-9-7-10(11(8-9)13(17)18)12(16)14-5-3-2-4-6-15/h9-11,15H,2-8H2,1H3,(H,14,16)(H,17,18). The Hall–Kier alpha value is -1.10. The molecule has 0 spiro atoms. The molecule has 5 nitrogen and oxygen atoms in total. The first-order valence-electron chi connectivity index (χ1n) is 6.67. The molecule has 0 radical (unpaired) electrons. The number of aliphatic hydroxyl groups excluding tert-OH is 1. The Morgan fingerprint density at radius 1 is 1.17 bits per heavy atom. The third-order valence-corrected chi connectivity index (χ3v) is 3.59. The maximum Gasteiger partial charge on any atom is 0.307 e. The molecule has 1 rings (SSSR count). The van der Waals surface area contributed by atoms with Gasteiger partial charge in [0.15, 0.2) is 0 Å². The molecule has 3 unspecified atom stereocenters. The van der Waals surface area contributed by atoms with Gasteiger partial charge in [0.2, 0.25) is 5.91 Å². The van der Waals surface area contributed by atoms with Crippen LogP contribution in [0.15, 0.2) is 0 Å². The van der Waals surface area contributed by atoms with Gasteiger partial charge in [-0.3, -0.25) is 9.59 Å². The third kappa shape index (κ3) is 4.29. The minimum atomic E-state index is -0.861. The average Bonchev–Trinajstić information content (AvgIpc) is 2.71. The van der Waals surface area contributed by atoms with Gasteiger partial charge in [-0.05, 0) is 38.0 Å². The highest BCUT2D eigenvalue weighted by Crippen LogP contribution is 2.36. The first kappa shape index (κ1) is 15.0. The van der Waals surface area contributed by atoms with Crippen molar-refractivity contribution in [3.8, 4) is 0 Å². The molecule has 5 heteroatoms. The van der Waals surface area contributed by atoms with E-state index in [0.29, 0.717) is 25.3 Å². The van der Waals surface area contributed by atoms with Gasteiger partial charge >= 0.3 is 5.97 Å². The van der Waals surface area contributed by atoms with Crippen LogP contribution in [0, 0.1) is 17.8 Å². The van der Waals surface area contributed by atoms with E-state index < -0.39 is 11.9 Å². The van der Waals surface area contributed by atoms with Crippen LogP contribution in [-0.4, -0.2) is 35.2 Å². The Labute approximate surface area is 108 Å². The van der Waals surface area contributed by atoms with Crippen molar-refractivity contribution in [3.05, 3.63) is 0 Å². The van der Waals surface area contributed by atoms with E-state index in [2.05, 4.69) is 5.32 Å². The van der Waals surface area contributed by atoms with E-state index in [9.17, 15) is 9.59 Å². The van der Waals surface area contributed by atoms with Gasteiger partial charge in [-0.15, -0.1) is 0 Å². The SMILES string of the molecule is CC1CC(C(=O)O)C(C(=O)NCCCCCO)C1.